The number of rotatable bonds is 6. The zero-order valence-electron chi connectivity index (χ0n) is 12.7. The Morgan fingerprint density at radius 1 is 1.14 bits per heavy atom. The molecule has 0 aliphatic rings. The van der Waals surface area contributed by atoms with E-state index >= 15 is 0 Å². The Morgan fingerprint density at radius 2 is 1.67 bits per heavy atom. The summed E-state index contributed by atoms with van der Waals surface area (Å²) >= 11 is 0. The first kappa shape index (κ1) is 17.0. The molecular weight excluding hydrogens is 270 g/mol. The third-order valence-corrected chi connectivity index (χ3v) is 2.97. The van der Waals surface area contributed by atoms with Crippen LogP contribution in [0.2, 0.25) is 0 Å². The summed E-state index contributed by atoms with van der Waals surface area (Å²) in [7, 11) is 0. The minimum Gasteiger partial charge on any atom is -0.450 e. The number of amides is 2. The smallest absolute Gasteiger partial charge is 0.411 e. The molecule has 1 atom stereocenters. The van der Waals surface area contributed by atoms with E-state index in [-0.39, 0.29) is 24.3 Å². The summed E-state index contributed by atoms with van der Waals surface area (Å²) in [6.07, 6.45) is -0.224. The van der Waals surface area contributed by atoms with Crippen LogP contribution in [0.3, 0.4) is 0 Å². The predicted octanol–water partition coefficient (Wildman–Crippen LogP) is 2.57. The number of benzene rings is 1. The van der Waals surface area contributed by atoms with E-state index in [0.717, 1.165) is 0 Å². The highest BCUT2D eigenvalue weighted by Crippen LogP contribution is 2.14. The average molecular weight is 293 g/mol. The predicted molar refractivity (Wildman–Crippen MR) is 83.1 cm³/mol. The third kappa shape index (κ3) is 6.27. The van der Waals surface area contributed by atoms with Gasteiger partial charge in [0, 0.05) is 23.8 Å². The van der Waals surface area contributed by atoms with Gasteiger partial charge in [0.15, 0.2) is 0 Å². The molecule has 0 saturated heterocycles. The number of nitrogens with one attached hydrogen (secondary N) is 2. The molecule has 0 aromatic heterocycles. The fourth-order valence-corrected chi connectivity index (χ4v) is 1.58. The SMILES string of the molecule is CCOC(=O)Nc1ccc(NC(=O)CC(N)C(C)C)cc1. The van der Waals surface area contributed by atoms with Crippen LogP contribution in [0.5, 0.6) is 0 Å². The second-order valence-electron chi connectivity index (χ2n) is 5.08. The number of nitrogens with two attached hydrogens (primary N) is 1. The molecule has 0 fully saturated rings. The summed E-state index contributed by atoms with van der Waals surface area (Å²) < 4.78 is 4.77. The molecule has 0 aliphatic heterocycles. The third-order valence-electron chi connectivity index (χ3n) is 2.97. The topological polar surface area (TPSA) is 93.5 Å². The summed E-state index contributed by atoms with van der Waals surface area (Å²) in [5.74, 6) is 0.134. The molecule has 1 aromatic rings. The van der Waals surface area contributed by atoms with E-state index in [1.807, 2.05) is 13.8 Å². The van der Waals surface area contributed by atoms with Crippen molar-refractivity contribution in [3.05, 3.63) is 24.3 Å². The van der Waals surface area contributed by atoms with E-state index in [0.29, 0.717) is 18.0 Å². The maximum absolute atomic E-state index is 11.8. The Bertz CT molecular complexity index is 472. The van der Waals surface area contributed by atoms with Crippen LogP contribution in [-0.2, 0) is 9.53 Å². The largest absolute Gasteiger partial charge is 0.450 e. The first-order chi connectivity index (χ1) is 9.92. The van der Waals surface area contributed by atoms with E-state index in [9.17, 15) is 9.59 Å². The molecule has 0 spiro atoms. The Morgan fingerprint density at radius 3 is 2.14 bits per heavy atom. The highest BCUT2D eigenvalue weighted by Gasteiger charge is 2.13. The van der Waals surface area contributed by atoms with Gasteiger partial charge in [-0.2, -0.15) is 0 Å². The lowest BCUT2D eigenvalue weighted by atomic mass is 10.0. The van der Waals surface area contributed by atoms with Crippen molar-refractivity contribution >= 4 is 23.4 Å². The van der Waals surface area contributed by atoms with Crippen molar-refractivity contribution in [2.75, 3.05) is 17.2 Å². The zero-order valence-corrected chi connectivity index (χ0v) is 12.7. The number of hydrogen-bond acceptors (Lipinski definition) is 4. The molecular formula is C15H23N3O3. The van der Waals surface area contributed by atoms with Crippen molar-refractivity contribution in [3.63, 3.8) is 0 Å². The van der Waals surface area contributed by atoms with Crippen molar-refractivity contribution in [1.29, 1.82) is 0 Å². The van der Waals surface area contributed by atoms with Crippen LogP contribution < -0.4 is 16.4 Å². The summed E-state index contributed by atoms with van der Waals surface area (Å²) in [6, 6.07) is 6.64. The van der Waals surface area contributed by atoms with E-state index in [1.165, 1.54) is 0 Å². The van der Waals surface area contributed by atoms with Crippen LogP contribution in [-0.4, -0.2) is 24.6 Å². The monoisotopic (exact) mass is 293 g/mol. The molecule has 0 heterocycles. The highest BCUT2D eigenvalue weighted by molar-refractivity contribution is 5.91. The van der Waals surface area contributed by atoms with Gasteiger partial charge in [0.05, 0.1) is 6.61 Å². The molecule has 4 N–H and O–H groups in total. The average Bonchev–Trinajstić information content (AvgIpc) is 2.41. The summed E-state index contributed by atoms with van der Waals surface area (Å²) in [5.41, 5.74) is 7.12. The Balaban J connectivity index is 2.51. The minimum atomic E-state index is -0.503. The molecule has 1 aromatic carbocycles. The lowest BCUT2D eigenvalue weighted by Gasteiger charge is -2.15. The van der Waals surface area contributed by atoms with Gasteiger partial charge in [0.1, 0.15) is 0 Å². The molecule has 21 heavy (non-hydrogen) atoms. The van der Waals surface area contributed by atoms with Gasteiger partial charge < -0.3 is 15.8 Å². The maximum atomic E-state index is 11.8. The molecule has 116 valence electrons. The Kier molecular flexibility index (Phi) is 6.68. The Hall–Kier alpha value is -2.08. The first-order valence-electron chi connectivity index (χ1n) is 7.01. The summed E-state index contributed by atoms with van der Waals surface area (Å²) in [4.78, 5) is 23.0. The molecule has 0 bridgehead atoms. The van der Waals surface area contributed by atoms with Gasteiger partial charge >= 0.3 is 6.09 Å². The van der Waals surface area contributed by atoms with Gasteiger partial charge in [-0.3, -0.25) is 10.1 Å². The standard InChI is InChI=1S/C15H23N3O3/c1-4-21-15(20)18-12-7-5-11(6-8-12)17-14(19)9-13(16)10(2)3/h5-8,10,13H,4,9,16H2,1-3H3,(H,17,19)(H,18,20). The normalized spacial score (nSPS) is 11.9. The molecule has 0 saturated carbocycles. The fraction of sp³-hybridized carbons (Fsp3) is 0.467. The second kappa shape index (κ2) is 8.26. The van der Waals surface area contributed by atoms with E-state index < -0.39 is 6.09 Å². The van der Waals surface area contributed by atoms with Crippen LogP contribution in [0.4, 0.5) is 16.2 Å². The molecule has 0 aliphatic carbocycles. The zero-order chi connectivity index (χ0) is 15.8. The number of carbonyl (C=O) groups excluding carboxylic acids is 2. The van der Waals surface area contributed by atoms with Crippen LogP contribution in [0.15, 0.2) is 24.3 Å². The molecule has 6 heteroatoms. The maximum Gasteiger partial charge on any atom is 0.411 e. The minimum absolute atomic E-state index is 0.123. The number of anilines is 2. The van der Waals surface area contributed by atoms with E-state index in [2.05, 4.69) is 10.6 Å². The fourth-order valence-electron chi connectivity index (χ4n) is 1.58. The van der Waals surface area contributed by atoms with Crippen LogP contribution in [0.1, 0.15) is 27.2 Å². The number of carbonyl (C=O) groups is 2. The molecule has 2 amide bonds. The van der Waals surface area contributed by atoms with Crippen LogP contribution >= 0.6 is 0 Å². The van der Waals surface area contributed by atoms with Gasteiger partial charge in [-0.15, -0.1) is 0 Å². The lowest BCUT2D eigenvalue weighted by molar-refractivity contribution is -0.116. The first-order valence-corrected chi connectivity index (χ1v) is 7.01. The number of ether oxygens (including phenoxy) is 1. The number of hydrogen-bond donors (Lipinski definition) is 3. The molecule has 1 unspecified atom stereocenters. The lowest BCUT2D eigenvalue weighted by Crippen LogP contribution is -2.31. The molecule has 6 nitrogen and oxygen atoms in total. The van der Waals surface area contributed by atoms with Crippen LogP contribution in [0.25, 0.3) is 0 Å². The van der Waals surface area contributed by atoms with Gasteiger partial charge in [-0.25, -0.2) is 4.79 Å². The van der Waals surface area contributed by atoms with Crippen molar-refractivity contribution < 1.29 is 14.3 Å². The quantitative estimate of drug-likeness (QED) is 0.751. The van der Waals surface area contributed by atoms with Crippen molar-refractivity contribution in [3.8, 4) is 0 Å². The van der Waals surface area contributed by atoms with E-state index in [4.69, 9.17) is 10.5 Å². The van der Waals surface area contributed by atoms with Crippen LogP contribution in [0, 0.1) is 5.92 Å². The second-order valence-corrected chi connectivity index (χ2v) is 5.08. The van der Waals surface area contributed by atoms with Crippen molar-refractivity contribution in [2.45, 2.75) is 33.2 Å². The van der Waals surface area contributed by atoms with Gasteiger partial charge in [0.25, 0.3) is 0 Å². The van der Waals surface area contributed by atoms with Gasteiger partial charge in [-0.05, 0) is 37.1 Å². The summed E-state index contributed by atoms with van der Waals surface area (Å²) in [5, 5.41) is 5.35. The molecule has 1 rings (SSSR count). The summed E-state index contributed by atoms with van der Waals surface area (Å²) in [6.45, 7) is 6.01. The van der Waals surface area contributed by atoms with E-state index in [1.54, 1.807) is 31.2 Å². The molecule has 0 radical (unpaired) electrons. The van der Waals surface area contributed by atoms with Crippen molar-refractivity contribution in [2.24, 2.45) is 11.7 Å². The van der Waals surface area contributed by atoms with Crippen molar-refractivity contribution in [1.82, 2.24) is 0 Å². The van der Waals surface area contributed by atoms with Gasteiger partial charge in [-0.1, -0.05) is 13.8 Å². The highest BCUT2D eigenvalue weighted by atomic mass is 16.5. The van der Waals surface area contributed by atoms with Gasteiger partial charge in [0.2, 0.25) is 5.91 Å². The Labute approximate surface area is 125 Å².